The standard InChI is InChI=1S/C18H29N5OS/c1-21-6-8-23(9-7-21)15-20-18(25)16(17-4-2-3-5-19-17)14-22-10-12-24-13-11-22/h2-5,16H,6-15H2,1H3,(H,20,25). The van der Waals surface area contributed by atoms with Crippen molar-refractivity contribution in [3.05, 3.63) is 30.1 Å². The Kier molecular flexibility index (Phi) is 7.12. The van der Waals surface area contributed by atoms with Crippen LogP contribution < -0.4 is 5.32 Å². The van der Waals surface area contributed by atoms with Crippen molar-refractivity contribution >= 4 is 17.2 Å². The van der Waals surface area contributed by atoms with E-state index in [1.807, 2.05) is 18.3 Å². The third-order valence-electron chi connectivity index (χ3n) is 4.98. The van der Waals surface area contributed by atoms with Gasteiger partial charge in [-0.1, -0.05) is 18.3 Å². The zero-order valence-electron chi connectivity index (χ0n) is 15.1. The fourth-order valence-corrected chi connectivity index (χ4v) is 3.51. The van der Waals surface area contributed by atoms with E-state index < -0.39 is 0 Å². The number of rotatable bonds is 6. The molecule has 1 aromatic rings. The van der Waals surface area contributed by atoms with Crippen molar-refractivity contribution in [2.24, 2.45) is 0 Å². The van der Waals surface area contributed by atoms with E-state index in [9.17, 15) is 0 Å². The average molecular weight is 364 g/mol. The Morgan fingerprint density at radius 3 is 2.60 bits per heavy atom. The molecule has 3 rings (SSSR count). The highest BCUT2D eigenvalue weighted by molar-refractivity contribution is 7.80. The fourth-order valence-electron chi connectivity index (χ4n) is 3.25. The van der Waals surface area contributed by atoms with E-state index in [-0.39, 0.29) is 5.92 Å². The van der Waals surface area contributed by atoms with Crippen LogP contribution in [0.5, 0.6) is 0 Å². The van der Waals surface area contributed by atoms with Crippen molar-refractivity contribution in [3.63, 3.8) is 0 Å². The van der Waals surface area contributed by atoms with Crippen molar-refractivity contribution in [2.75, 3.05) is 72.7 Å². The maximum Gasteiger partial charge on any atom is 0.0868 e. The molecule has 3 heterocycles. The molecule has 1 aromatic heterocycles. The number of nitrogens with one attached hydrogen (secondary N) is 1. The fraction of sp³-hybridized carbons (Fsp3) is 0.667. The SMILES string of the molecule is CN1CCN(CNC(=S)C(CN2CCOCC2)c2ccccn2)CC1. The molecule has 0 radical (unpaired) electrons. The summed E-state index contributed by atoms with van der Waals surface area (Å²) in [5.41, 5.74) is 1.05. The van der Waals surface area contributed by atoms with E-state index in [2.05, 4.69) is 38.1 Å². The second kappa shape index (κ2) is 9.54. The van der Waals surface area contributed by atoms with Crippen molar-refractivity contribution in [2.45, 2.75) is 5.92 Å². The molecule has 2 saturated heterocycles. The lowest BCUT2D eigenvalue weighted by Gasteiger charge is -2.34. The average Bonchev–Trinajstić information content (AvgIpc) is 2.67. The minimum Gasteiger partial charge on any atom is -0.379 e. The number of ether oxygens (including phenoxy) is 1. The summed E-state index contributed by atoms with van der Waals surface area (Å²) in [6.07, 6.45) is 1.85. The first kappa shape index (κ1) is 18.7. The number of likely N-dealkylation sites (N-methyl/N-ethyl adjacent to an activating group) is 1. The van der Waals surface area contributed by atoms with Gasteiger partial charge in [-0.15, -0.1) is 0 Å². The lowest BCUT2D eigenvalue weighted by Crippen LogP contribution is -2.49. The molecule has 0 spiro atoms. The first-order valence-electron chi connectivity index (χ1n) is 9.12. The number of pyridine rings is 1. The van der Waals surface area contributed by atoms with Gasteiger partial charge in [0.25, 0.3) is 0 Å². The second-order valence-electron chi connectivity index (χ2n) is 6.84. The van der Waals surface area contributed by atoms with E-state index in [1.54, 1.807) is 0 Å². The van der Waals surface area contributed by atoms with Gasteiger partial charge in [-0.25, -0.2) is 0 Å². The molecule has 2 fully saturated rings. The van der Waals surface area contributed by atoms with Gasteiger partial charge in [0.15, 0.2) is 0 Å². The Balaban J connectivity index is 1.58. The van der Waals surface area contributed by atoms with Crippen LogP contribution in [0.4, 0.5) is 0 Å². The van der Waals surface area contributed by atoms with Crippen molar-refractivity contribution < 1.29 is 4.74 Å². The predicted molar refractivity (Wildman–Crippen MR) is 104 cm³/mol. The number of piperazine rings is 1. The summed E-state index contributed by atoms with van der Waals surface area (Å²) in [7, 11) is 2.18. The lowest BCUT2D eigenvalue weighted by atomic mass is 10.0. The first-order chi connectivity index (χ1) is 12.2. The van der Waals surface area contributed by atoms with Crippen LogP contribution in [0.15, 0.2) is 24.4 Å². The third-order valence-corrected chi connectivity index (χ3v) is 5.41. The van der Waals surface area contributed by atoms with E-state index in [4.69, 9.17) is 17.0 Å². The summed E-state index contributed by atoms with van der Waals surface area (Å²) < 4.78 is 5.47. The number of hydrogen-bond donors (Lipinski definition) is 1. The van der Waals surface area contributed by atoms with Crippen LogP contribution in [-0.2, 0) is 4.74 Å². The van der Waals surface area contributed by atoms with Crippen LogP contribution in [0.3, 0.4) is 0 Å². The van der Waals surface area contributed by atoms with Crippen LogP contribution in [0.2, 0.25) is 0 Å². The maximum absolute atomic E-state index is 5.77. The Labute approximate surface area is 156 Å². The minimum absolute atomic E-state index is 0.127. The van der Waals surface area contributed by atoms with Crippen LogP contribution in [0.25, 0.3) is 0 Å². The van der Waals surface area contributed by atoms with Gasteiger partial charge in [0.1, 0.15) is 0 Å². The van der Waals surface area contributed by atoms with E-state index in [0.717, 1.165) is 76.4 Å². The molecule has 1 N–H and O–H groups in total. The minimum atomic E-state index is 0.127. The van der Waals surface area contributed by atoms with Crippen molar-refractivity contribution in [1.29, 1.82) is 0 Å². The molecule has 138 valence electrons. The Morgan fingerprint density at radius 1 is 1.16 bits per heavy atom. The Bertz CT molecular complexity index is 530. The van der Waals surface area contributed by atoms with Gasteiger partial charge in [-0.05, 0) is 19.2 Å². The monoisotopic (exact) mass is 363 g/mol. The smallest absolute Gasteiger partial charge is 0.0868 e. The van der Waals surface area contributed by atoms with Gasteiger partial charge in [0.2, 0.25) is 0 Å². The molecular formula is C18H29N5OS. The normalized spacial score (nSPS) is 21.8. The van der Waals surface area contributed by atoms with Crippen molar-refractivity contribution in [1.82, 2.24) is 25.0 Å². The topological polar surface area (TPSA) is 43.9 Å². The van der Waals surface area contributed by atoms with Gasteiger partial charge in [0.05, 0.1) is 36.5 Å². The molecule has 2 aliphatic rings. The summed E-state index contributed by atoms with van der Waals surface area (Å²) >= 11 is 5.77. The molecule has 0 aliphatic carbocycles. The van der Waals surface area contributed by atoms with Crippen LogP contribution in [0, 0.1) is 0 Å². The van der Waals surface area contributed by atoms with Crippen molar-refractivity contribution in [3.8, 4) is 0 Å². The Hall–Kier alpha value is -1.12. The molecule has 0 amide bonds. The van der Waals surface area contributed by atoms with E-state index in [0.29, 0.717) is 0 Å². The zero-order chi connectivity index (χ0) is 17.5. The highest BCUT2D eigenvalue weighted by Gasteiger charge is 2.23. The summed E-state index contributed by atoms with van der Waals surface area (Å²) in [5.74, 6) is 0.127. The Morgan fingerprint density at radius 2 is 1.92 bits per heavy atom. The molecule has 0 bridgehead atoms. The predicted octanol–water partition coefficient (Wildman–Crippen LogP) is 0.619. The van der Waals surface area contributed by atoms with Gasteiger partial charge in [-0.3, -0.25) is 14.8 Å². The molecule has 2 aliphatic heterocycles. The van der Waals surface area contributed by atoms with Gasteiger partial charge in [-0.2, -0.15) is 0 Å². The number of hydrogen-bond acceptors (Lipinski definition) is 6. The number of aromatic nitrogens is 1. The lowest BCUT2D eigenvalue weighted by molar-refractivity contribution is 0.0372. The van der Waals surface area contributed by atoms with E-state index in [1.165, 1.54) is 0 Å². The zero-order valence-corrected chi connectivity index (χ0v) is 15.9. The van der Waals surface area contributed by atoms with Gasteiger partial charge >= 0.3 is 0 Å². The molecular weight excluding hydrogens is 334 g/mol. The molecule has 0 saturated carbocycles. The van der Waals surface area contributed by atoms with E-state index >= 15 is 0 Å². The number of thiocarbonyl (C=S) groups is 1. The van der Waals surface area contributed by atoms with Crippen LogP contribution >= 0.6 is 12.2 Å². The number of morpholine rings is 1. The third kappa shape index (κ3) is 5.69. The number of nitrogens with zero attached hydrogens (tertiary/aromatic N) is 4. The molecule has 1 atom stereocenters. The first-order valence-corrected chi connectivity index (χ1v) is 9.53. The van der Waals surface area contributed by atoms with Crippen LogP contribution in [-0.4, -0.2) is 97.4 Å². The molecule has 6 nitrogen and oxygen atoms in total. The summed E-state index contributed by atoms with van der Waals surface area (Å²) in [6.45, 7) is 9.65. The van der Waals surface area contributed by atoms with Gasteiger partial charge < -0.3 is 15.0 Å². The molecule has 25 heavy (non-hydrogen) atoms. The molecule has 7 heteroatoms. The second-order valence-corrected chi connectivity index (χ2v) is 7.28. The van der Waals surface area contributed by atoms with Gasteiger partial charge in [0, 0.05) is 52.0 Å². The summed E-state index contributed by atoms with van der Waals surface area (Å²) in [4.78, 5) is 12.7. The summed E-state index contributed by atoms with van der Waals surface area (Å²) in [6, 6.07) is 6.07. The summed E-state index contributed by atoms with van der Waals surface area (Å²) in [5, 5.41) is 3.50. The highest BCUT2D eigenvalue weighted by atomic mass is 32.1. The van der Waals surface area contributed by atoms with Crippen LogP contribution in [0.1, 0.15) is 11.6 Å². The largest absolute Gasteiger partial charge is 0.379 e. The quantitative estimate of drug-likeness (QED) is 0.743. The maximum atomic E-state index is 5.77. The molecule has 0 aromatic carbocycles. The molecule has 1 unspecified atom stereocenters. The highest BCUT2D eigenvalue weighted by Crippen LogP contribution is 2.17.